The van der Waals surface area contributed by atoms with Crippen LogP contribution in [0.3, 0.4) is 0 Å². The number of ketones is 1. The molecule has 0 N–H and O–H groups in total. The number of fused-ring (bicyclic) bond motifs is 6. The molecule has 2 saturated heterocycles. The van der Waals surface area contributed by atoms with E-state index >= 15 is 0 Å². The SMILES string of the molecule is O=C(c1ccc2c(c1)C(=O)OC2=O)c1ccc2c(c1)C1OC1OC1OC21. The fraction of sp³-hybridized carbons (Fsp3) is 0.211. The predicted molar refractivity (Wildman–Crippen MR) is 82.4 cm³/mol. The first kappa shape index (κ1) is 14.3. The summed E-state index contributed by atoms with van der Waals surface area (Å²) in [7, 11) is 0. The van der Waals surface area contributed by atoms with Gasteiger partial charge in [0.2, 0.25) is 0 Å². The van der Waals surface area contributed by atoms with E-state index in [0.29, 0.717) is 11.1 Å². The zero-order valence-corrected chi connectivity index (χ0v) is 13.1. The van der Waals surface area contributed by atoms with Crippen LogP contribution in [-0.4, -0.2) is 30.3 Å². The largest absolute Gasteiger partial charge is 0.386 e. The number of rotatable bonds is 2. The van der Waals surface area contributed by atoms with Crippen LogP contribution in [0.15, 0.2) is 36.4 Å². The van der Waals surface area contributed by atoms with E-state index < -0.39 is 11.9 Å². The maximum atomic E-state index is 12.9. The third kappa shape index (κ3) is 1.90. The van der Waals surface area contributed by atoms with Crippen LogP contribution in [0.25, 0.3) is 0 Å². The number of hydrogen-bond donors (Lipinski definition) is 0. The highest BCUT2D eigenvalue weighted by Crippen LogP contribution is 2.54. The second-order valence-electron chi connectivity index (χ2n) is 6.60. The van der Waals surface area contributed by atoms with Gasteiger partial charge >= 0.3 is 11.9 Å². The first-order chi connectivity index (χ1) is 12.6. The van der Waals surface area contributed by atoms with Crippen molar-refractivity contribution in [3.8, 4) is 0 Å². The molecule has 128 valence electrons. The van der Waals surface area contributed by atoms with E-state index in [-0.39, 0.29) is 41.7 Å². The molecule has 4 aliphatic rings. The average Bonchev–Trinajstić information content (AvgIpc) is 3.55. The Kier molecular flexibility index (Phi) is 2.56. The van der Waals surface area contributed by atoms with Crippen LogP contribution in [-0.2, 0) is 18.9 Å². The number of cyclic esters (lactones) is 2. The minimum Gasteiger partial charge on any atom is -0.386 e. The molecule has 26 heavy (non-hydrogen) atoms. The summed E-state index contributed by atoms with van der Waals surface area (Å²) < 4.78 is 21.1. The smallest absolute Gasteiger partial charge is 0.346 e. The van der Waals surface area contributed by atoms with E-state index in [2.05, 4.69) is 4.74 Å². The number of carbonyl (C=O) groups is 3. The molecule has 0 aliphatic carbocycles. The Morgan fingerprint density at radius 3 is 2.19 bits per heavy atom. The van der Waals surface area contributed by atoms with Gasteiger partial charge in [-0.25, -0.2) is 9.59 Å². The molecule has 0 saturated carbocycles. The highest BCUT2D eigenvalue weighted by molar-refractivity contribution is 6.17. The third-order valence-corrected chi connectivity index (χ3v) is 5.04. The van der Waals surface area contributed by atoms with Gasteiger partial charge in [-0.15, -0.1) is 0 Å². The van der Waals surface area contributed by atoms with E-state index in [1.54, 1.807) is 12.1 Å². The lowest BCUT2D eigenvalue weighted by molar-refractivity contribution is -0.0102. The topological polar surface area (TPSA) is 94.7 Å². The summed E-state index contributed by atoms with van der Waals surface area (Å²) in [5.41, 5.74) is 2.94. The first-order valence-electron chi connectivity index (χ1n) is 8.15. The third-order valence-electron chi connectivity index (χ3n) is 5.04. The molecule has 6 rings (SSSR count). The van der Waals surface area contributed by atoms with Crippen molar-refractivity contribution in [1.29, 1.82) is 0 Å². The number of hydrogen-bond acceptors (Lipinski definition) is 7. The highest BCUT2D eigenvalue weighted by atomic mass is 16.9. The van der Waals surface area contributed by atoms with Gasteiger partial charge in [0, 0.05) is 11.1 Å². The van der Waals surface area contributed by atoms with Crippen LogP contribution in [0.2, 0.25) is 0 Å². The monoisotopic (exact) mass is 350 g/mol. The van der Waals surface area contributed by atoms with Gasteiger partial charge < -0.3 is 18.9 Å². The first-order valence-corrected chi connectivity index (χ1v) is 8.15. The summed E-state index contributed by atoms with van der Waals surface area (Å²) >= 11 is 0. The van der Waals surface area contributed by atoms with Crippen LogP contribution in [0, 0.1) is 0 Å². The van der Waals surface area contributed by atoms with Crippen molar-refractivity contribution in [3.63, 3.8) is 0 Å². The average molecular weight is 350 g/mol. The summed E-state index contributed by atoms with van der Waals surface area (Å²) in [5, 5.41) is 0. The molecule has 7 heteroatoms. The van der Waals surface area contributed by atoms with E-state index in [9.17, 15) is 14.4 Å². The molecule has 4 aliphatic heterocycles. The molecule has 0 amide bonds. The summed E-state index contributed by atoms with van der Waals surface area (Å²) in [6.45, 7) is 0. The van der Waals surface area contributed by atoms with E-state index in [1.807, 2.05) is 6.07 Å². The van der Waals surface area contributed by atoms with Crippen LogP contribution in [0.1, 0.15) is 60.0 Å². The van der Waals surface area contributed by atoms with Crippen molar-refractivity contribution in [2.24, 2.45) is 0 Å². The number of ether oxygens (including phenoxy) is 4. The van der Waals surface area contributed by atoms with Gasteiger partial charge in [0.25, 0.3) is 0 Å². The molecule has 0 bridgehead atoms. The van der Waals surface area contributed by atoms with Gasteiger partial charge in [0.15, 0.2) is 18.4 Å². The van der Waals surface area contributed by atoms with Gasteiger partial charge in [-0.05, 0) is 29.3 Å². The zero-order valence-electron chi connectivity index (χ0n) is 13.1. The Labute approximate surface area is 146 Å². The number of epoxide rings is 2. The summed E-state index contributed by atoms with van der Waals surface area (Å²) in [5.74, 6) is -1.67. The maximum absolute atomic E-state index is 12.9. The number of benzene rings is 2. The summed E-state index contributed by atoms with van der Waals surface area (Å²) in [6.07, 6.45) is -0.876. The van der Waals surface area contributed by atoms with E-state index in [1.165, 1.54) is 18.2 Å². The number of carbonyl (C=O) groups excluding carboxylic acids is 3. The van der Waals surface area contributed by atoms with Crippen molar-refractivity contribution >= 4 is 17.7 Å². The van der Waals surface area contributed by atoms with Crippen molar-refractivity contribution in [2.75, 3.05) is 0 Å². The van der Waals surface area contributed by atoms with Crippen LogP contribution < -0.4 is 0 Å². The molecule has 0 spiro atoms. The molecular formula is C19H10O7. The van der Waals surface area contributed by atoms with E-state index in [4.69, 9.17) is 14.2 Å². The Hall–Kier alpha value is -2.87. The minimum atomic E-state index is -0.732. The van der Waals surface area contributed by atoms with E-state index in [0.717, 1.165) is 11.1 Å². The molecule has 7 nitrogen and oxygen atoms in total. The molecule has 0 aromatic heterocycles. The van der Waals surface area contributed by atoms with Gasteiger partial charge in [-0.2, -0.15) is 0 Å². The maximum Gasteiger partial charge on any atom is 0.346 e. The van der Waals surface area contributed by atoms with Crippen molar-refractivity contribution in [2.45, 2.75) is 24.8 Å². The van der Waals surface area contributed by atoms with Gasteiger partial charge in [-0.3, -0.25) is 4.79 Å². The van der Waals surface area contributed by atoms with Crippen LogP contribution in [0.5, 0.6) is 0 Å². The molecule has 0 radical (unpaired) electrons. The van der Waals surface area contributed by atoms with Gasteiger partial charge in [0.1, 0.15) is 12.2 Å². The lowest BCUT2D eigenvalue weighted by Crippen LogP contribution is -2.05. The predicted octanol–water partition coefficient (Wildman–Crippen LogP) is 2.05. The van der Waals surface area contributed by atoms with Gasteiger partial charge in [-0.1, -0.05) is 18.2 Å². The molecular weight excluding hydrogens is 340 g/mol. The quantitative estimate of drug-likeness (QED) is 0.354. The highest BCUT2D eigenvalue weighted by Gasteiger charge is 2.56. The molecule has 2 aromatic carbocycles. The standard InChI is InChI=1S/C19H10O7/c20-13(8-2-4-10-12(6-8)17(22)25-16(10)21)7-1-3-9-11(5-7)15-19(24-15)26-18-14(9)23-18/h1-6,14-15,18-19H. The zero-order chi connectivity index (χ0) is 17.6. The fourth-order valence-electron chi connectivity index (χ4n) is 3.59. The Bertz CT molecular complexity index is 1040. The molecule has 2 aromatic rings. The Balaban J connectivity index is 1.39. The molecule has 4 heterocycles. The van der Waals surface area contributed by atoms with Crippen molar-refractivity contribution in [3.05, 3.63) is 69.8 Å². The van der Waals surface area contributed by atoms with Crippen molar-refractivity contribution in [1.82, 2.24) is 0 Å². The van der Waals surface area contributed by atoms with Gasteiger partial charge in [0.05, 0.1) is 11.1 Å². The normalized spacial score (nSPS) is 29.7. The molecule has 2 fully saturated rings. The Morgan fingerprint density at radius 2 is 1.38 bits per heavy atom. The van der Waals surface area contributed by atoms with Crippen molar-refractivity contribution < 1.29 is 33.3 Å². The minimum absolute atomic E-state index is 0.105. The molecule has 4 unspecified atom stereocenters. The summed E-state index contributed by atoms with van der Waals surface area (Å²) in [4.78, 5) is 36.1. The van der Waals surface area contributed by atoms with Crippen LogP contribution in [0.4, 0.5) is 0 Å². The Morgan fingerprint density at radius 1 is 0.731 bits per heavy atom. The second kappa shape index (κ2) is 4.64. The molecule has 4 atom stereocenters. The number of esters is 2. The summed E-state index contributed by atoms with van der Waals surface area (Å²) in [6, 6.07) is 9.72. The lowest BCUT2D eigenvalue weighted by Gasteiger charge is -2.08. The van der Waals surface area contributed by atoms with Crippen LogP contribution >= 0.6 is 0 Å². The second-order valence-corrected chi connectivity index (χ2v) is 6.60. The lowest BCUT2D eigenvalue weighted by atomic mass is 9.94. The fourth-order valence-corrected chi connectivity index (χ4v) is 3.59.